The highest BCUT2D eigenvalue weighted by molar-refractivity contribution is 6.26. The predicted octanol–water partition coefficient (Wildman–Crippen LogP) is 9.01. The number of benzene rings is 6. The van der Waals surface area contributed by atoms with Crippen molar-refractivity contribution in [1.82, 2.24) is 9.97 Å². The summed E-state index contributed by atoms with van der Waals surface area (Å²) >= 11 is 0. The molecule has 0 saturated carbocycles. The van der Waals surface area contributed by atoms with E-state index in [9.17, 15) is 0 Å². The summed E-state index contributed by atoms with van der Waals surface area (Å²) in [6.45, 7) is 0. The van der Waals surface area contributed by atoms with Gasteiger partial charge in [0, 0.05) is 22.5 Å². The second kappa shape index (κ2) is 7.34. The van der Waals surface area contributed by atoms with Crippen LogP contribution in [0.2, 0.25) is 0 Å². The van der Waals surface area contributed by atoms with Gasteiger partial charge in [0.25, 0.3) is 0 Å². The first-order chi connectivity index (χ1) is 17.8. The lowest BCUT2D eigenvalue weighted by atomic mass is 9.89. The van der Waals surface area contributed by atoms with E-state index >= 15 is 0 Å². The summed E-state index contributed by atoms with van der Waals surface area (Å²) < 4.78 is 0. The lowest BCUT2D eigenvalue weighted by Gasteiger charge is -2.15. The molecule has 0 saturated heterocycles. The second-order valence-corrected chi connectivity index (χ2v) is 9.46. The third kappa shape index (κ3) is 2.79. The first-order valence-electron chi connectivity index (χ1n) is 12.3. The van der Waals surface area contributed by atoms with Crippen LogP contribution in [0.15, 0.2) is 121 Å². The van der Waals surface area contributed by atoms with Crippen LogP contribution in [0.1, 0.15) is 0 Å². The quantitative estimate of drug-likeness (QED) is 0.243. The van der Waals surface area contributed by atoms with E-state index in [2.05, 4.69) is 114 Å². The molecule has 2 aromatic heterocycles. The summed E-state index contributed by atoms with van der Waals surface area (Å²) in [5, 5.41) is 10.1. The number of pyridine rings is 2. The molecule has 0 aliphatic heterocycles. The van der Waals surface area contributed by atoms with Gasteiger partial charge >= 0.3 is 0 Å². The number of hydrogen-bond donors (Lipinski definition) is 0. The number of fused-ring (bicyclic) bond motifs is 3. The highest BCUT2D eigenvalue weighted by Crippen LogP contribution is 2.40. The number of aromatic nitrogens is 2. The molecule has 0 aliphatic rings. The highest BCUT2D eigenvalue weighted by Gasteiger charge is 2.13. The van der Waals surface area contributed by atoms with Crippen LogP contribution in [0.3, 0.4) is 0 Å². The lowest BCUT2D eigenvalue weighted by Crippen LogP contribution is -1.90. The Morgan fingerprint density at radius 1 is 0.444 bits per heavy atom. The molecule has 2 heteroatoms. The molecule has 0 bridgehead atoms. The van der Waals surface area contributed by atoms with Crippen LogP contribution in [0, 0.1) is 0 Å². The molecule has 8 rings (SSSR count). The largest absolute Gasteiger partial charge is 0.254 e. The van der Waals surface area contributed by atoms with Crippen molar-refractivity contribution in [2.75, 3.05) is 0 Å². The monoisotopic (exact) mass is 456 g/mol. The van der Waals surface area contributed by atoms with Crippen LogP contribution in [0.25, 0.3) is 76.5 Å². The Hall–Kier alpha value is -4.82. The van der Waals surface area contributed by atoms with Gasteiger partial charge in [0.05, 0.1) is 16.7 Å². The number of hydrogen-bond acceptors (Lipinski definition) is 2. The molecule has 0 spiro atoms. The smallest absolute Gasteiger partial charge is 0.0972 e. The van der Waals surface area contributed by atoms with E-state index in [4.69, 9.17) is 4.98 Å². The van der Waals surface area contributed by atoms with E-state index < -0.39 is 0 Å². The summed E-state index contributed by atoms with van der Waals surface area (Å²) in [4.78, 5) is 9.63. The minimum atomic E-state index is 0.945. The molecule has 0 amide bonds. The summed E-state index contributed by atoms with van der Waals surface area (Å²) in [5.74, 6) is 0. The average molecular weight is 457 g/mol. The van der Waals surface area contributed by atoms with E-state index in [1.807, 2.05) is 12.3 Å². The second-order valence-electron chi connectivity index (χ2n) is 9.46. The Morgan fingerprint density at radius 2 is 1.08 bits per heavy atom. The zero-order chi connectivity index (χ0) is 23.6. The van der Waals surface area contributed by atoms with Gasteiger partial charge in [0.15, 0.2) is 0 Å². The molecule has 0 fully saturated rings. The minimum absolute atomic E-state index is 0.945. The lowest BCUT2D eigenvalue weighted by molar-refractivity contribution is 1.37. The van der Waals surface area contributed by atoms with Gasteiger partial charge in [0.1, 0.15) is 0 Å². The minimum Gasteiger partial charge on any atom is -0.254 e. The molecule has 0 radical (unpaired) electrons. The van der Waals surface area contributed by atoms with Crippen molar-refractivity contribution in [1.29, 1.82) is 0 Å². The van der Waals surface area contributed by atoms with Crippen LogP contribution < -0.4 is 0 Å². The molecule has 0 N–H and O–H groups in total. The topological polar surface area (TPSA) is 25.8 Å². The summed E-state index contributed by atoms with van der Waals surface area (Å²) in [7, 11) is 0. The molecule has 0 atom stereocenters. The summed E-state index contributed by atoms with van der Waals surface area (Å²) in [6.07, 6.45) is 1.84. The van der Waals surface area contributed by atoms with Gasteiger partial charge in [0.2, 0.25) is 0 Å². The fraction of sp³-hybridized carbons (Fsp3) is 0. The first-order valence-corrected chi connectivity index (χ1v) is 12.3. The van der Waals surface area contributed by atoms with Crippen molar-refractivity contribution < 1.29 is 0 Å². The van der Waals surface area contributed by atoms with Gasteiger partial charge in [-0.25, -0.2) is 4.98 Å². The Morgan fingerprint density at radius 3 is 1.94 bits per heavy atom. The van der Waals surface area contributed by atoms with Crippen LogP contribution >= 0.6 is 0 Å². The Kier molecular flexibility index (Phi) is 3.97. The molecule has 2 heterocycles. The molecular formula is C34H20N2. The van der Waals surface area contributed by atoms with Crippen LogP contribution in [0.5, 0.6) is 0 Å². The third-order valence-corrected chi connectivity index (χ3v) is 7.43. The van der Waals surface area contributed by atoms with E-state index in [0.29, 0.717) is 0 Å². The zero-order valence-corrected chi connectivity index (χ0v) is 19.4. The van der Waals surface area contributed by atoms with Gasteiger partial charge in [-0.1, -0.05) is 97.1 Å². The molecule has 0 unspecified atom stereocenters. The summed E-state index contributed by atoms with van der Waals surface area (Å²) in [6, 6.07) is 41.4. The van der Waals surface area contributed by atoms with E-state index in [-0.39, 0.29) is 0 Å². The molecule has 166 valence electrons. The standard InChI is InChI=1S/C34H20N2/c1-4-23-13-14-24-5-2-8-28-29(20-27(6-1)31(23)32(24)28)21-9-11-22(12-10-21)30-18-17-26-16-15-25-7-3-19-35-33(25)34(26)36-30/h1-20H. The average Bonchev–Trinajstić information content (AvgIpc) is 2.95. The Labute approximate surface area is 207 Å². The molecule has 0 aliphatic carbocycles. The maximum Gasteiger partial charge on any atom is 0.0972 e. The van der Waals surface area contributed by atoms with Crippen LogP contribution in [-0.2, 0) is 0 Å². The van der Waals surface area contributed by atoms with Gasteiger partial charge in [-0.3, -0.25) is 4.98 Å². The van der Waals surface area contributed by atoms with Crippen molar-refractivity contribution in [3.05, 3.63) is 121 Å². The van der Waals surface area contributed by atoms with E-state index in [1.54, 1.807) is 0 Å². The Balaban J connectivity index is 1.29. The van der Waals surface area contributed by atoms with Crippen molar-refractivity contribution in [3.63, 3.8) is 0 Å². The van der Waals surface area contributed by atoms with Crippen LogP contribution in [-0.4, -0.2) is 9.97 Å². The normalized spacial score (nSPS) is 11.9. The first kappa shape index (κ1) is 19.5. The Bertz CT molecular complexity index is 2090. The van der Waals surface area contributed by atoms with Gasteiger partial charge < -0.3 is 0 Å². The molecule has 6 aromatic carbocycles. The van der Waals surface area contributed by atoms with Gasteiger partial charge in [-0.15, -0.1) is 0 Å². The molecule has 8 aromatic rings. The SMILES string of the molecule is c1cnc2c(c1)ccc1ccc(-c3ccc(-c4cc5cccc6ccc7cccc4c7c65)cc3)nc12. The molecular weight excluding hydrogens is 436 g/mol. The van der Waals surface area contributed by atoms with Crippen LogP contribution in [0.4, 0.5) is 0 Å². The fourth-order valence-electron chi connectivity index (χ4n) is 5.71. The van der Waals surface area contributed by atoms with Gasteiger partial charge in [-0.05, 0) is 61.6 Å². The van der Waals surface area contributed by atoms with Crippen molar-refractivity contribution >= 4 is 54.1 Å². The van der Waals surface area contributed by atoms with E-state index in [0.717, 1.165) is 33.1 Å². The maximum atomic E-state index is 5.03. The zero-order valence-electron chi connectivity index (χ0n) is 19.4. The van der Waals surface area contributed by atoms with E-state index in [1.165, 1.54) is 43.4 Å². The number of nitrogens with zero attached hydrogens (tertiary/aromatic N) is 2. The summed E-state index contributed by atoms with van der Waals surface area (Å²) in [5.41, 5.74) is 6.43. The van der Waals surface area contributed by atoms with Gasteiger partial charge in [-0.2, -0.15) is 0 Å². The fourth-order valence-corrected chi connectivity index (χ4v) is 5.71. The molecule has 36 heavy (non-hydrogen) atoms. The van der Waals surface area contributed by atoms with Crippen molar-refractivity contribution in [3.8, 4) is 22.4 Å². The van der Waals surface area contributed by atoms with Crippen molar-refractivity contribution in [2.24, 2.45) is 0 Å². The highest BCUT2D eigenvalue weighted by atomic mass is 14.7. The maximum absolute atomic E-state index is 5.03. The van der Waals surface area contributed by atoms with Crippen molar-refractivity contribution in [2.45, 2.75) is 0 Å². The number of rotatable bonds is 2. The molecule has 2 nitrogen and oxygen atoms in total. The predicted molar refractivity (Wildman–Crippen MR) is 152 cm³/mol. The third-order valence-electron chi connectivity index (χ3n) is 7.43.